The summed E-state index contributed by atoms with van der Waals surface area (Å²) in [6.45, 7) is 1.52. The zero-order valence-electron chi connectivity index (χ0n) is 6.00. The van der Waals surface area contributed by atoms with Crippen molar-refractivity contribution >= 4 is 16.9 Å². The Labute approximate surface area is 63.1 Å². The minimum absolute atomic E-state index is 0.142. The molecule has 0 amide bonds. The molecule has 0 bridgehead atoms. The second-order valence-corrected chi connectivity index (χ2v) is 3.24. The molecule has 0 aliphatic rings. The Morgan fingerprint density at radius 2 is 2.10 bits per heavy atom. The molecule has 0 spiro atoms. The summed E-state index contributed by atoms with van der Waals surface area (Å²) in [7, 11) is 0. The molecule has 0 aromatic heterocycles. The summed E-state index contributed by atoms with van der Waals surface area (Å²) in [5, 5.41) is 0. The summed E-state index contributed by atoms with van der Waals surface area (Å²) >= 11 is -1.69. The number of rotatable bonds is 5. The predicted octanol–water partition coefficient (Wildman–Crippen LogP) is 0.967. The summed E-state index contributed by atoms with van der Waals surface area (Å²) in [6.07, 6.45) is 1.90. The van der Waals surface area contributed by atoms with Crippen molar-refractivity contribution in [3.8, 4) is 0 Å². The molecule has 0 aliphatic carbocycles. The molecule has 60 valence electrons. The Bertz CT molecular complexity index is 117. The predicted molar refractivity (Wildman–Crippen MR) is 40.2 cm³/mol. The molecule has 0 radical (unpaired) electrons. The second-order valence-electron chi connectivity index (χ2n) is 2.18. The molecule has 0 aliphatic heterocycles. The fourth-order valence-electron chi connectivity index (χ4n) is 0.599. The van der Waals surface area contributed by atoms with E-state index >= 15 is 0 Å². The van der Waals surface area contributed by atoms with Crippen LogP contribution in [-0.4, -0.2) is 20.3 Å². The maximum atomic E-state index is 10.4. The van der Waals surface area contributed by atoms with E-state index in [9.17, 15) is 9.00 Å². The van der Waals surface area contributed by atoms with Crippen molar-refractivity contribution in [2.75, 3.05) is 5.75 Å². The van der Waals surface area contributed by atoms with Gasteiger partial charge in [0.1, 0.15) is 5.78 Å². The molecule has 0 aromatic carbocycles. The van der Waals surface area contributed by atoms with Gasteiger partial charge >= 0.3 is 0 Å². The van der Waals surface area contributed by atoms with Crippen LogP contribution in [0, 0.1) is 0 Å². The number of ketones is 1. The number of carbonyl (C=O) groups is 1. The summed E-state index contributed by atoms with van der Waals surface area (Å²) in [6, 6.07) is 0. The number of Topliss-reactive ketones (excluding diaryl/α,β-unsaturated/α-hetero) is 1. The molecule has 1 N–H and O–H groups in total. The quantitative estimate of drug-likeness (QED) is 0.486. The highest BCUT2D eigenvalue weighted by Gasteiger charge is 1.95. The van der Waals surface area contributed by atoms with E-state index in [1.807, 2.05) is 0 Å². The van der Waals surface area contributed by atoms with Crippen LogP contribution in [0.4, 0.5) is 0 Å². The standard InChI is InChI=1S/C6H12O3S/c1-6(7)4-2-3-5-10(8)9/h2-5H2,1H3,(H,8,9). The van der Waals surface area contributed by atoms with Gasteiger partial charge in [-0.3, -0.25) is 0 Å². The third-order valence-corrected chi connectivity index (χ3v) is 1.74. The van der Waals surface area contributed by atoms with E-state index in [-0.39, 0.29) is 11.5 Å². The Hall–Kier alpha value is -0.220. The van der Waals surface area contributed by atoms with Crippen LogP contribution in [0.2, 0.25) is 0 Å². The maximum Gasteiger partial charge on any atom is 0.152 e. The average Bonchev–Trinajstić information content (AvgIpc) is 1.79. The summed E-state index contributed by atoms with van der Waals surface area (Å²) in [4.78, 5) is 10.4. The van der Waals surface area contributed by atoms with E-state index in [0.717, 1.165) is 6.42 Å². The lowest BCUT2D eigenvalue weighted by Gasteiger charge is -1.93. The Kier molecular flexibility index (Phi) is 5.43. The van der Waals surface area contributed by atoms with Gasteiger partial charge in [-0.1, -0.05) is 0 Å². The van der Waals surface area contributed by atoms with Crippen LogP contribution in [0.1, 0.15) is 26.2 Å². The molecule has 0 aromatic rings. The van der Waals surface area contributed by atoms with Gasteiger partial charge in [0.2, 0.25) is 0 Å². The summed E-state index contributed by atoms with van der Waals surface area (Å²) in [5.41, 5.74) is 0. The third kappa shape index (κ3) is 7.78. The summed E-state index contributed by atoms with van der Waals surface area (Å²) in [5.74, 6) is 0.427. The first kappa shape index (κ1) is 9.78. The smallest absolute Gasteiger partial charge is 0.152 e. The third-order valence-electron chi connectivity index (χ3n) is 1.10. The zero-order valence-corrected chi connectivity index (χ0v) is 6.82. The van der Waals surface area contributed by atoms with Crippen molar-refractivity contribution < 1.29 is 13.6 Å². The largest absolute Gasteiger partial charge is 0.306 e. The maximum absolute atomic E-state index is 10.4. The minimum Gasteiger partial charge on any atom is -0.306 e. The van der Waals surface area contributed by atoms with E-state index in [2.05, 4.69) is 0 Å². The van der Waals surface area contributed by atoms with E-state index in [1.165, 1.54) is 6.92 Å². The number of hydrogen-bond donors (Lipinski definition) is 1. The van der Waals surface area contributed by atoms with Crippen LogP contribution in [0.15, 0.2) is 0 Å². The lowest BCUT2D eigenvalue weighted by molar-refractivity contribution is -0.117. The summed E-state index contributed by atoms with van der Waals surface area (Å²) < 4.78 is 18.4. The zero-order chi connectivity index (χ0) is 7.98. The van der Waals surface area contributed by atoms with Crippen LogP contribution < -0.4 is 0 Å². The van der Waals surface area contributed by atoms with Gasteiger partial charge in [-0.15, -0.1) is 0 Å². The Morgan fingerprint density at radius 3 is 2.50 bits per heavy atom. The first-order valence-corrected chi connectivity index (χ1v) is 4.47. The fourth-order valence-corrected chi connectivity index (χ4v) is 1.05. The monoisotopic (exact) mass is 164 g/mol. The van der Waals surface area contributed by atoms with E-state index in [1.54, 1.807) is 0 Å². The molecule has 0 saturated heterocycles. The number of carbonyl (C=O) groups excluding carboxylic acids is 1. The van der Waals surface area contributed by atoms with Crippen molar-refractivity contribution in [2.24, 2.45) is 0 Å². The van der Waals surface area contributed by atoms with Crippen LogP contribution in [0.3, 0.4) is 0 Å². The number of hydrogen-bond acceptors (Lipinski definition) is 2. The van der Waals surface area contributed by atoms with Gasteiger partial charge in [-0.2, -0.15) is 0 Å². The van der Waals surface area contributed by atoms with Crippen molar-refractivity contribution in [1.82, 2.24) is 0 Å². The van der Waals surface area contributed by atoms with Crippen molar-refractivity contribution in [1.29, 1.82) is 0 Å². The van der Waals surface area contributed by atoms with Gasteiger partial charge in [-0.25, -0.2) is 4.21 Å². The highest BCUT2D eigenvalue weighted by atomic mass is 32.2. The molecule has 1 atom stereocenters. The number of unbranched alkanes of at least 4 members (excludes halogenated alkanes) is 1. The lowest BCUT2D eigenvalue weighted by Crippen LogP contribution is -1.96. The first-order valence-electron chi connectivity index (χ1n) is 3.20. The highest BCUT2D eigenvalue weighted by Crippen LogP contribution is 1.96. The van der Waals surface area contributed by atoms with Gasteiger partial charge in [0.05, 0.1) is 0 Å². The molecule has 0 saturated carbocycles. The topological polar surface area (TPSA) is 54.4 Å². The molecular weight excluding hydrogens is 152 g/mol. The van der Waals surface area contributed by atoms with Crippen molar-refractivity contribution in [3.05, 3.63) is 0 Å². The van der Waals surface area contributed by atoms with Gasteiger partial charge < -0.3 is 9.35 Å². The molecule has 3 nitrogen and oxygen atoms in total. The van der Waals surface area contributed by atoms with Gasteiger partial charge in [0.25, 0.3) is 0 Å². The van der Waals surface area contributed by atoms with Crippen LogP contribution in [-0.2, 0) is 15.9 Å². The molecule has 0 rings (SSSR count). The molecule has 4 heteroatoms. The molecular formula is C6H12O3S. The van der Waals surface area contributed by atoms with E-state index < -0.39 is 11.1 Å². The van der Waals surface area contributed by atoms with Gasteiger partial charge in [0, 0.05) is 12.2 Å². The molecule has 1 unspecified atom stereocenters. The van der Waals surface area contributed by atoms with E-state index in [4.69, 9.17) is 4.55 Å². The lowest BCUT2D eigenvalue weighted by atomic mass is 10.2. The van der Waals surface area contributed by atoms with Crippen molar-refractivity contribution in [3.63, 3.8) is 0 Å². The Balaban J connectivity index is 3.06. The van der Waals surface area contributed by atoms with Crippen molar-refractivity contribution in [2.45, 2.75) is 26.2 Å². The van der Waals surface area contributed by atoms with Gasteiger partial charge in [0.15, 0.2) is 11.1 Å². The normalized spacial score (nSPS) is 13.0. The molecule has 0 heterocycles. The second kappa shape index (κ2) is 5.56. The van der Waals surface area contributed by atoms with Gasteiger partial charge in [-0.05, 0) is 19.8 Å². The minimum atomic E-state index is -1.69. The Morgan fingerprint density at radius 1 is 1.50 bits per heavy atom. The van der Waals surface area contributed by atoms with E-state index in [0.29, 0.717) is 12.8 Å². The van der Waals surface area contributed by atoms with Crippen LogP contribution >= 0.6 is 0 Å². The van der Waals surface area contributed by atoms with Crippen LogP contribution in [0.5, 0.6) is 0 Å². The average molecular weight is 164 g/mol. The fraction of sp³-hybridized carbons (Fsp3) is 0.833. The molecule has 10 heavy (non-hydrogen) atoms. The highest BCUT2D eigenvalue weighted by molar-refractivity contribution is 7.79. The van der Waals surface area contributed by atoms with Crippen LogP contribution in [0.25, 0.3) is 0 Å². The molecule has 0 fully saturated rings. The SMILES string of the molecule is CC(=O)CCCCS(=O)O. The first-order chi connectivity index (χ1) is 4.63.